The average molecular weight is 310 g/mol. The second-order valence-corrected chi connectivity index (χ2v) is 6.73. The summed E-state index contributed by atoms with van der Waals surface area (Å²) in [5.74, 6) is 2.21. The number of hydrogen-bond donors (Lipinski definition) is 2. The predicted molar refractivity (Wildman–Crippen MR) is 96.6 cm³/mol. The molecule has 2 N–H and O–H groups in total. The van der Waals surface area contributed by atoms with Crippen LogP contribution in [0.3, 0.4) is 0 Å². The number of nitrogens with one attached hydrogen (secondary N) is 2. The highest BCUT2D eigenvalue weighted by Gasteiger charge is 2.26. The molecule has 1 heterocycles. The minimum atomic E-state index is 0.374. The lowest BCUT2D eigenvalue weighted by Gasteiger charge is -2.15. The van der Waals surface area contributed by atoms with E-state index in [2.05, 4.69) is 67.6 Å². The molecule has 1 aromatic heterocycles. The number of anilines is 3. The maximum atomic E-state index is 4.70. The van der Waals surface area contributed by atoms with E-state index in [9.17, 15) is 0 Å². The van der Waals surface area contributed by atoms with Crippen LogP contribution >= 0.6 is 0 Å². The quantitative estimate of drug-likeness (QED) is 0.794. The summed E-state index contributed by atoms with van der Waals surface area (Å²) >= 11 is 0. The van der Waals surface area contributed by atoms with Gasteiger partial charge in [-0.1, -0.05) is 13.0 Å². The first-order valence-corrected chi connectivity index (χ1v) is 8.54. The molecule has 0 bridgehead atoms. The van der Waals surface area contributed by atoms with Gasteiger partial charge in [-0.3, -0.25) is 0 Å². The second-order valence-electron chi connectivity index (χ2n) is 6.73. The lowest BCUT2D eigenvalue weighted by Crippen LogP contribution is -2.16. The van der Waals surface area contributed by atoms with Crippen LogP contribution < -0.4 is 10.6 Å². The number of nitrogens with zero attached hydrogens (tertiary/aromatic N) is 2. The fraction of sp³-hybridized carbons (Fsp3) is 0.474. The van der Waals surface area contributed by atoms with E-state index in [1.54, 1.807) is 0 Å². The van der Waals surface area contributed by atoms with Crippen molar-refractivity contribution < 1.29 is 0 Å². The number of benzene rings is 1. The van der Waals surface area contributed by atoms with Gasteiger partial charge in [-0.2, -0.15) is 4.98 Å². The minimum absolute atomic E-state index is 0.374. The van der Waals surface area contributed by atoms with Crippen molar-refractivity contribution in [2.24, 2.45) is 0 Å². The summed E-state index contributed by atoms with van der Waals surface area (Å²) in [5, 5.41) is 6.85. The Labute approximate surface area is 138 Å². The molecule has 2 aromatic rings. The zero-order chi connectivity index (χ0) is 16.4. The van der Waals surface area contributed by atoms with Crippen LogP contribution in [0.15, 0.2) is 24.3 Å². The van der Waals surface area contributed by atoms with Crippen LogP contribution in [0.25, 0.3) is 0 Å². The van der Waals surface area contributed by atoms with Gasteiger partial charge in [0.1, 0.15) is 5.82 Å². The van der Waals surface area contributed by atoms with Crippen LogP contribution in [-0.4, -0.2) is 16.0 Å². The van der Waals surface area contributed by atoms with Crippen LogP contribution in [0, 0.1) is 13.8 Å². The SMILES string of the molecule is CC[C@H](C)Nc1nc(Nc2cc(C)cc(C)c2)cc(C2CC2)n1. The van der Waals surface area contributed by atoms with Gasteiger partial charge < -0.3 is 10.6 Å². The number of aryl methyl sites for hydroxylation is 2. The zero-order valence-electron chi connectivity index (χ0n) is 14.5. The Morgan fingerprint density at radius 1 is 1.09 bits per heavy atom. The van der Waals surface area contributed by atoms with Crippen molar-refractivity contribution in [3.63, 3.8) is 0 Å². The summed E-state index contributed by atoms with van der Waals surface area (Å²) in [4.78, 5) is 9.35. The average Bonchev–Trinajstić information content (AvgIpc) is 3.30. The van der Waals surface area contributed by atoms with Gasteiger partial charge in [0.25, 0.3) is 0 Å². The molecule has 122 valence electrons. The van der Waals surface area contributed by atoms with Crippen molar-refractivity contribution in [3.8, 4) is 0 Å². The Balaban J connectivity index is 1.87. The lowest BCUT2D eigenvalue weighted by atomic mass is 10.1. The molecule has 1 aromatic carbocycles. The van der Waals surface area contributed by atoms with E-state index in [-0.39, 0.29) is 0 Å². The second kappa shape index (κ2) is 6.57. The Bertz CT molecular complexity index is 672. The van der Waals surface area contributed by atoms with E-state index in [1.165, 1.54) is 24.0 Å². The molecule has 1 fully saturated rings. The summed E-state index contributed by atoms with van der Waals surface area (Å²) in [6.07, 6.45) is 3.53. The topological polar surface area (TPSA) is 49.8 Å². The maximum Gasteiger partial charge on any atom is 0.225 e. The van der Waals surface area contributed by atoms with E-state index in [0.29, 0.717) is 12.0 Å². The van der Waals surface area contributed by atoms with Crippen LogP contribution in [0.4, 0.5) is 17.5 Å². The Kier molecular flexibility index (Phi) is 4.51. The normalized spacial score (nSPS) is 15.3. The molecule has 23 heavy (non-hydrogen) atoms. The van der Waals surface area contributed by atoms with E-state index < -0.39 is 0 Å². The molecular formula is C19H26N4. The summed E-state index contributed by atoms with van der Waals surface area (Å²) in [5.41, 5.74) is 4.74. The van der Waals surface area contributed by atoms with Crippen molar-refractivity contribution in [3.05, 3.63) is 41.1 Å². The van der Waals surface area contributed by atoms with Crippen molar-refractivity contribution in [2.75, 3.05) is 10.6 Å². The van der Waals surface area contributed by atoms with Crippen molar-refractivity contribution in [1.29, 1.82) is 0 Å². The first kappa shape index (κ1) is 15.8. The van der Waals surface area contributed by atoms with Gasteiger partial charge in [0.15, 0.2) is 0 Å². The molecule has 0 amide bonds. The van der Waals surface area contributed by atoms with E-state index in [1.807, 2.05) is 0 Å². The van der Waals surface area contributed by atoms with Crippen LogP contribution in [0.5, 0.6) is 0 Å². The first-order valence-electron chi connectivity index (χ1n) is 8.54. The standard InChI is InChI=1S/C19H26N4/c1-5-14(4)20-19-22-17(15-6-7-15)11-18(23-19)21-16-9-12(2)8-13(3)10-16/h8-11,14-15H,5-7H2,1-4H3,(H2,20,21,22,23)/t14-/m0/s1. The molecule has 1 aliphatic carbocycles. The fourth-order valence-corrected chi connectivity index (χ4v) is 2.70. The molecule has 0 saturated heterocycles. The smallest absolute Gasteiger partial charge is 0.225 e. The molecule has 0 spiro atoms. The Morgan fingerprint density at radius 2 is 1.78 bits per heavy atom. The molecule has 1 saturated carbocycles. The molecule has 1 aliphatic rings. The molecular weight excluding hydrogens is 284 g/mol. The van der Waals surface area contributed by atoms with Crippen molar-refractivity contribution in [2.45, 2.75) is 58.9 Å². The lowest BCUT2D eigenvalue weighted by molar-refractivity contribution is 0.750. The summed E-state index contributed by atoms with van der Waals surface area (Å²) < 4.78 is 0. The van der Waals surface area contributed by atoms with Gasteiger partial charge in [0.05, 0.1) is 5.69 Å². The summed E-state index contributed by atoms with van der Waals surface area (Å²) in [6, 6.07) is 8.94. The predicted octanol–water partition coefficient (Wildman–Crippen LogP) is 4.92. The fourth-order valence-electron chi connectivity index (χ4n) is 2.70. The number of aromatic nitrogens is 2. The summed E-state index contributed by atoms with van der Waals surface area (Å²) in [6.45, 7) is 8.55. The molecule has 1 atom stereocenters. The van der Waals surface area contributed by atoms with Gasteiger partial charge in [0.2, 0.25) is 5.95 Å². The summed E-state index contributed by atoms with van der Waals surface area (Å²) in [7, 11) is 0. The Morgan fingerprint density at radius 3 is 2.39 bits per heavy atom. The third-order valence-corrected chi connectivity index (χ3v) is 4.22. The van der Waals surface area contributed by atoms with Gasteiger partial charge in [-0.05, 0) is 63.3 Å². The van der Waals surface area contributed by atoms with E-state index >= 15 is 0 Å². The third-order valence-electron chi connectivity index (χ3n) is 4.22. The van der Waals surface area contributed by atoms with Crippen molar-refractivity contribution >= 4 is 17.5 Å². The van der Waals surface area contributed by atoms with Gasteiger partial charge in [-0.15, -0.1) is 0 Å². The molecule has 0 unspecified atom stereocenters. The molecule has 3 rings (SSSR count). The third kappa shape index (κ3) is 4.21. The highest BCUT2D eigenvalue weighted by atomic mass is 15.2. The highest BCUT2D eigenvalue weighted by molar-refractivity contribution is 5.60. The van der Waals surface area contributed by atoms with Gasteiger partial charge >= 0.3 is 0 Å². The number of hydrogen-bond acceptors (Lipinski definition) is 4. The molecule has 0 aliphatic heterocycles. The molecule has 4 nitrogen and oxygen atoms in total. The first-order chi connectivity index (χ1) is 11.0. The van der Waals surface area contributed by atoms with E-state index in [0.717, 1.165) is 29.6 Å². The zero-order valence-corrected chi connectivity index (χ0v) is 14.5. The van der Waals surface area contributed by atoms with Crippen LogP contribution in [0.1, 0.15) is 55.8 Å². The maximum absolute atomic E-state index is 4.70. The van der Waals surface area contributed by atoms with Crippen molar-refractivity contribution in [1.82, 2.24) is 9.97 Å². The van der Waals surface area contributed by atoms with Gasteiger partial charge in [-0.25, -0.2) is 4.98 Å². The van der Waals surface area contributed by atoms with Crippen LogP contribution in [0.2, 0.25) is 0 Å². The largest absolute Gasteiger partial charge is 0.352 e. The van der Waals surface area contributed by atoms with Crippen LogP contribution in [-0.2, 0) is 0 Å². The molecule has 4 heteroatoms. The highest BCUT2D eigenvalue weighted by Crippen LogP contribution is 2.40. The monoisotopic (exact) mass is 310 g/mol. The molecule has 0 radical (unpaired) electrons. The van der Waals surface area contributed by atoms with Gasteiger partial charge in [0, 0.05) is 23.7 Å². The van der Waals surface area contributed by atoms with E-state index in [4.69, 9.17) is 4.98 Å². The number of rotatable bonds is 6. The minimum Gasteiger partial charge on any atom is -0.352 e. The Hall–Kier alpha value is -2.10.